The van der Waals surface area contributed by atoms with Gasteiger partial charge >= 0.3 is 12.4 Å². The lowest BCUT2D eigenvalue weighted by atomic mass is 9.95. The molecule has 0 aliphatic carbocycles. The van der Waals surface area contributed by atoms with E-state index in [9.17, 15) is 26.3 Å². The van der Waals surface area contributed by atoms with Gasteiger partial charge in [0.25, 0.3) is 0 Å². The average molecular weight is 411 g/mol. The van der Waals surface area contributed by atoms with Gasteiger partial charge in [-0.3, -0.25) is 4.90 Å². The molecule has 1 aliphatic rings. The van der Waals surface area contributed by atoms with E-state index in [4.69, 9.17) is 0 Å². The van der Waals surface area contributed by atoms with Crippen LogP contribution < -0.4 is 5.32 Å². The van der Waals surface area contributed by atoms with Crippen LogP contribution in [0.25, 0.3) is 0 Å². The summed E-state index contributed by atoms with van der Waals surface area (Å²) in [5.41, 5.74) is -2.57. The molecule has 1 saturated heterocycles. The first-order valence-corrected chi connectivity index (χ1v) is 7.00. The topological polar surface area (TPSA) is 15.3 Å². The Morgan fingerprint density at radius 3 is 2.00 bits per heavy atom. The molecule has 0 aromatic heterocycles. The molecule has 0 radical (unpaired) electrons. The summed E-state index contributed by atoms with van der Waals surface area (Å²) in [5, 5.41) is 3.05. The maximum absolute atomic E-state index is 13.2. The number of piperazine rings is 1. The van der Waals surface area contributed by atoms with E-state index in [1.54, 1.807) is 4.90 Å². The summed E-state index contributed by atoms with van der Waals surface area (Å²) in [6.07, 6.45) is -8.17. The Bertz CT molecular complexity index is 568. The van der Waals surface area contributed by atoms with Crippen LogP contribution in [0.15, 0.2) is 30.9 Å². The van der Waals surface area contributed by atoms with E-state index in [0.717, 1.165) is 0 Å². The zero-order valence-electron chi connectivity index (χ0n) is 13.0. The first-order chi connectivity index (χ1) is 10.6. The van der Waals surface area contributed by atoms with Crippen molar-refractivity contribution in [3.8, 4) is 0 Å². The highest BCUT2D eigenvalue weighted by molar-refractivity contribution is 5.85. The zero-order valence-corrected chi connectivity index (χ0v) is 14.6. The molecule has 0 unspecified atom stereocenters. The molecule has 2 nitrogen and oxygen atoms in total. The van der Waals surface area contributed by atoms with Crippen molar-refractivity contribution in [2.24, 2.45) is 0 Å². The molecule has 1 aromatic carbocycles. The van der Waals surface area contributed by atoms with E-state index in [2.05, 4.69) is 11.9 Å². The second-order valence-corrected chi connectivity index (χ2v) is 5.26. The summed E-state index contributed by atoms with van der Waals surface area (Å²) < 4.78 is 78.2. The van der Waals surface area contributed by atoms with Gasteiger partial charge in [0.1, 0.15) is 0 Å². The van der Waals surface area contributed by atoms with E-state index in [1.165, 1.54) is 6.08 Å². The molecule has 1 N–H and O–H groups in total. The lowest BCUT2D eigenvalue weighted by Crippen LogP contribution is -2.45. The number of alkyl halides is 6. The maximum atomic E-state index is 13.2. The molecule has 0 saturated carbocycles. The summed E-state index contributed by atoms with van der Waals surface area (Å²) in [5.74, 6) is 0. The Morgan fingerprint density at radius 2 is 1.56 bits per heavy atom. The fourth-order valence-corrected chi connectivity index (χ4v) is 2.67. The third-order valence-corrected chi connectivity index (χ3v) is 3.77. The summed E-state index contributed by atoms with van der Waals surface area (Å²) in [4.78, 5) is 1.69. The fourth-order valence-electron chi connectivity index (χ4n) is 2.67. The molecule has 1 atom stereocenters. The molecular weight excluding hydrogens is 393 g/mol. The predicted octanol–water partition coefficient (Wildman–Crippen LogP) is 4.70. The van der Waals surface area contributed by atoms with Crippen LogP contribution in [0.3, 0.4) is 0 Å². The van der Waals surface area contributed by atoms with Gasteiger partial charge < -0.3 is 5.32 Å². The highest BCUT2D eigenvalue weighted by Crippen LogP contribution is 2.40. The predicted molar refractivity (Wildman–Crippen MR) is 88.3 cm³/mol. The van der Waals surface area contributed by atoms with Gasteiger partial charge in [-0.1, -0.05) is 6.08 Å². The Kier molecular flexibility index (Phi) is 8.77. The first kappa shape index (κ1) is 24.0. The number of nitrogens with one attached hydrogen (secondary N) is 1. The second-order valence-electron chi connectivity index (χ2n) is 5.26. The smallest absolute Gasteiger partial charge is 0.314 e. The summed E-state index contributed by atoms with van der Waals surface area (Å²) >= 11 is 0. The van der Waals surface area contributed by atoms with E-state index in [0.29, 0.717) is 44.4 Å². The molecule has 1 heterocycles. The lowest BCUT2D eigenvalue weighted by molar-refractivity contribution is -0.142. The van der Waals surface area contributed by atoms with Crippen molar-refractivity contribution >= 4 is 24.8 Å². The molecule has 1 aromatic rings. The van der Waals surface area contributed by atoms with Gasteiger partial charge in [0.05, 0.1) is 17.2 Å². The van der Waals surface area contributed by atoms with Crippen LogP contribution in [0.5, 0.6) is 0 Å². The average Bonchev–Trinajstić information content (AvgIpc) is 2.47. The number of hydrogen-bond acceptors (Lipinski definition) is 2. The van der Waals surface area contributed by atoms with Crippen LogP contribution in [0.1, 0.15) is 22.7 Å². The van der Waals surface area contributed by atoms with E-state index < -0.39 is 35.1 Å². The molecule has 2 rings (SSSR count). The van der Waals surface area contributed by atoms with Crippen LogP contribution in [0.4, 0.5) is 26.3 Å². The van der Waals surface area contributed by atoms with Crippen LogP contribution in [0, 0.1) is 0 Å². The summed E-state index contributed by atoms with van der Waals surface area (Å²) in [7, 11) is 0. The number of nitrogens with zero attached hydrogens (tertiary/aromatic N) is 1. The Hall–Kier alpha value is -0.960. The minimum Gasteiger partial charge on any atom is -0.314 e. The van der Waals surface area contributed by atoms with Crippen molar-refractivity contribution in [3.63, 3.8) is 0 Å². The molecular formula is C15H18Cl2F6N2. The first-order valence-electron chi connectivity index (χ1n) is 7.00. The van der Waals surface area contributed by atoms with E-state index in [-0.39, 0.29) is 24.8 Å². The van der Waals surface area contributed by atoms with Crippen LogP contribution in [-0.2, 0) is 12.4 Å². The van der Waals surface area contributed by atoms with Crippen LogP contribution in [-0.4, -0.2) is 31.1 Å². The largest absolute Gasteiger partial charge is 0.416 e. The molecule has 0 bridgehead atoms. The van der Waals surface area contributed by atoms with Gasteiger partial charge in [0, 0.05) is 26.2 Å². The molecule has 0 spiro atoms. The van der Waals surface area contributed by atoms with Gasteiger partial charge in [-0.2, -0.15) is 26.3 Å². The van der Waals surface area contributed by atoms with Crippen molar-refractivity contribution in [3.05, 3.63) is 47.5 Å². The van der Waals surface area contributed by atoms with Gasteiger partial charge in [0.2, 0.25) is 0 Å². The molecule has 1 fully saturated rings. The van der Waals surface area contributed by atoms with Crippen molar-refractivity contribution in [1.82, 2.24) is 10.2 Å². The van der Waals surface area contributed by atoms with Crippen LogP contribution in [0.2, 0.25) is 0 Å². The standard InChI is InChI=1S/C15H16F6N2.2ClH/c1-2-13(23-7-5-22-6-8-23)11-9-10(14(16,17)18)3-4-12(11)15(19,20)21;;/h2-4,9,13,22H,1,5-8H2;2*1H/t13-;;/m0../s1. The minimum atomic E-state index is -4.73. The van der Waals surface area contributed by atoms with Crippen molar-refractivity contribution < 1.29 is 26.3 Å². The van der Waals surface area contributed by atoms with Gasteiger partial charge in [-0.25, -0.2) is 0 Å². The maximum Gasteiger partial charge on any atom is 0.416 e. The fraction of sp³-hybridized carbons (Fsp3) is 0.467. The zero-order chi connectivity index (χ0) is 17.3. The number of halogens is 8. The highest BCUT2D eigenvalue weighted by atomic mass is 35.5. The van der Waals surface area contributed by atoms with Crippen molar-refractivity contribution in [2.45, 2.75) is 18.4 Å². The third-order valence-electron chi connectivity index (χ3n) is 3.77. The normalized spacial score (nSPS) is 17.2. The quantitative estimate of drug-likeness (QED) is 0.573. The van der Waals surface area contributed by atoms with Crippen LogP contribution >= 0.6 is 24.8 Å². The number of hydrogen-bond donors (Lipinski definition) is 1. The molecule has 1 aliphatic heterocycles. The van der Waals surface area contributed by atoms with E-state index >= 15 is 0 Å². The van der Waals surface area contributed by atoms with Gasteiger partial charge in [-0.05, 0) is 23.8 Å². The van der Waals surface area contributed by atoms with Crippen molar-refractivity contribution in [1.29, 1.82) is 0 Å². The van der Waals surface area contributed by atoms with E-state index in [1.807, 2.05) is 0 Å². The van der Waals surface area contributed by atoms with Gasteiger partial charge in [-0.15, -0.1) is 31.4 Å². The molecule has 0 amide bonds. The summed E-state index contributed by atoms with van der Waals surface area (Å²) in [6, 6.07) is 0.620. The summed E-state index contributed by atoms with van der Waals surface area (Å²) in [6.45, 7) is 5.51. The molecule has 25 heavy (non-hydrogen) atoms. The molecule has 10 heteroatoms. The Balaban J connectivity index is 0.00000288. The van der Waals surface area contributed by atoms with Crippen molar-refractivity contribution in [2.75, 3.05) is 26.2 Å². The monoisotopic (exact) mass is 410 g/mol. The Labute approximate surface area is 154 Å². The third kappa shape index (κ3) is 5.77. The number of benzene rings is 1. The Morgan fingerprint density at radius 1 is 1.00 bits per heavy atom. The second kappa shape index (κ2) is 9.12. The number of rotatable bonds is 3. The SMILES string of the molecule is C=C[C@@H](c1cc(C(F)(F)F)ccc1C(F)(F)F)N1CCNCC1.Cl.Cl. The molecule has 144 valence electrons. The minimum absolute atomic E-state index is 0. The van der Waals surface area contributed by atoms with Gasteiger partial charge in [0.15, 0.2) is 0 Å². The lowest BCUT2D eigenvalue weighted by Gasteiger charge is -2.34. The highest BCUT2D eigenvalue weighted by Gasteiger charge is 2.39.